The fraction of sp³-hybridized carbons (Fsp3) is 0.235. The summed E-state index contributed by atoms with van der Waals surface area (Å²) in [5.41, 5.74) is 7.64. The molecule has 1 saturated carbocycles. The van der Waals surface area contributed by atoms with E-state index in [0.717, 1.165) is 75.0 Å². The van der Waals surface area contributed by atoms with Crippen LogP contribution in [0.25, 0.3) is 50.2 Å². The van der Waals surface area contributed by atoms with Crippen LogP contribution in [0.5, 0.6) is 0 Å². The smallest absolute Gasteiger partial charge is 0.408 e. The molecule has 6 aromatic rings. The first-order valence-corrected chi connectivity index (χ1v) is 14.3. The minimum atomic E-state index is -0.548. The van der Waals surface area contributed by atoms with E-state index in [1.54, 1.807) is 0 Å². The van der Waals surface area contributed by atoms with Crippen LogP contribution in [-0.2, 0) is 10.3 Å². The molecular weight excluding hydrogens is 524 g/mol. The Kier molecular flexibility index (Phi) is 6.08. The van der Waals surface area contributed by atoms with Crippen molar-refractivity contribution < 1.29 is 9.53 Å². The highest BCUT2D eigenvalue weighted by molar-refractivity contribution is 5.85. The van der Waals surface area contributed by atoms with Gasteiger partial charge in [0, 0.05) is 22.1 Å². The maximum Gasteiger partial charge on any atom is 0.408 e. The molecule has 1 aliphatic carbocycles. The van der Waals surface area contributed by atoms with Gasteiger partial charge in [-0.1, -0.05) is 66.7 Å². The predicted molar refractivity (Wildman–Crippen MR) is 164 cm³/mol. The fourth-order valence-corrected chi connectivity index (χ4v) is 5.72. The van der Waals surface area contributed by atoms with Crippen molar-refractivity contribution in [1.29, 1.82) is 0 Å². The molecule has 0 saturated heterocycles. The third kappa shape index (κ3) is 4.68. The third-order valence-electron chi connectivity index (χ3n) is 7.97. The molecule has 0 spiro atoms. The van der Waals surface area contributed by atoms with Crippen molar-refractivity contribution in [2.24, 2.45) is 0 Å². The van der Waals surface area contributed by atoms with Crippen molar-refractivity contribution in [2.75, 3.05) is 0 Å². The topological polar surface area (TPSA) is 97.2 Å². The lowest BCUT2D eigenvalue weighted by Crippen LogP contribution is -2.52. The molecule has 0 atom stereocenters. The lowest BCUT2D eigenvalue weighted by molar-refractivity contribution is 0.0377. The SMILES string of the molecule is CC(C)(C)OC(=O)NC1(c2ccc(-c3nn4c(-c5ccc6cn[nH]c6c5)cnc4cc3-c3ccccc3)cc2)CCC1. The van der Waals surface area contributed by atoms with Crippen LogP contribution in [0.1, 0.15) is 45.6 Å². The Morgan fingerprint density at radius 3 is 2.40 bits per heavy atom. The van der Waals surface area contributed by atoms with Crippen molar-refractivity contribution in [1.82, 2.24) is 30.1 Å². The van der Waals surface area contributed by atoms with Crippen molar-refractivity contribution in [2.45, 2.75) is 51.2 Å². The molecule has 1 aliphatic rings. The molecule has 42 heavy (non-hydrogen) atoms. The number of nitrogens with zero attached hydrogens (tertiary/aromatic N) is 4. The molecule has 0 bridgehead atoms. The van der Waals surface area contributed by atoms with Gasteiger partial charge in [0.2, 0.25) is 0 Å². The number of aromatic amines is 1. The van der Waals surface area contributed by atoms with Gasteiger partial charge in [0.1, 0.15) is 5.60 Å². The van der Waals surface area contributed by atoms with Crippen LogP contribution in [0.4, 0.5) is 4.79 Å². The lowest BCUT2D eigenvalue weighted by Gasteiger charge is -2.43. The van der Waals surface area contributed by atoms with Crippen LogP contribution in [0.2, 0.25) is 0 Å². The Labute approximate surface area is 243 Å². The summed E-state index contributed by atoms with van der Waals surface area (Å²) >= 11 is 0. The molecule has 7 rings (SSSR count). The highest BCUT2D eigenvalue weighted by Crippen LogP contribution is 2.42. The number of aromatic nitrogens is 5. The van der Waals surface area contributed by atoms with Crippen molar-refractivity contribution >= 4 is 22.6 Å². The Hall–Kier alpha value is -4.98. The van der Waals surface area contributed by atoms with Gasteiger partial charge in [-0.15, -0.1) is 0 Å². The molecule has 8 nitrogen and oxygen atoms in total. The minimum absolute atomic E-state index is 0.384. The second-order valence-electron chi connectivity index (χ2n) is 12.0. The van der Waals surface area contributed by atoms with E-state index >= 15 is 0 Å². The van der Waals surface area contributed by atoms with Crippen LogP contribution in [0.15, 0.2) is 91.3 Å². The monoisotopic (exact) mass is 556 g/mol. The largest absolute Gasteiger partial charge is 0.444 e. The quantitative estimate of drug-likeness (QED) is 0.229. The van der Waals surface area contributed by atoms with Crippen LogP contribution < -0.4 is 5.32 Å². The molecule has 3 heterocycles. The van der Waals surface area contributed by atoms with Gasteiger partial charge in [0.05, 0.1) is 34.8 Å². The summed E-state index contributed by atoms with van der Waals surface area (Å²) in [6.45, 7) is 5.64. The highest BCUT2D eigenvalue weighted by Gasteiger charge is 2.41. The number of hydrogen-bond acceptors (Lipinski definition) is 5. The Bertz CT molecular complexity index is 1910. The molecular formula is C34H32N6O2. The summed E-state index contributed by atoms with van der Waals surface area (Å²) in [4.78, 5) is 17.4. The van der Waals surface area contributed by atoms with Crippen LogP contribution >= 0.6 is 0 Å². The minimum Gasteiger partial charge on any atom is -0.444 e. The van der Waals surface area contributed by atoms with E-state index < -0.39 is 11.1 Å². The van der Waals surface area contributed by atoms with Crippen LogP contribution in [0.3, 0.4) is 0 Å². The second kappa shape index (κ2) is 9.83. The van der Waals surface area contributed by atoms with Crippen molar-refractivity contribution in [3.05, 3.63) is 96.8 Å². The average Bonchev–Trinajstić information content (AvgIpc) is 3.60. The van der Waals surface area contributed by atoms with E-state index in [2.05, 4.69) is 70.1 Å². The number of imidazole rings is 1. The number of nitrogens with one attached hydrogen (secondary N) is 2. The molecule has 8 heteroatoms. The van der Waals surface area contributed by atoms with Gasteiger partial charge in [-0.25, -0.2) is 14.3 Å². The van der Waals surface area contributed by atoms with E-state index in [1.807, 2.05) is 61.9 Å². The summed E-state index contributed by atoms with van der Waals surface area (Å²) < 4.78 is 7.48. The standard InChI is InChI=1S/C34H32N6O2/c1-33(2,3)42-32(41)37-34(16-7-17-34)26-14-12-23(13-15-26)31-27(22-8-5-4-6-9-22)19-30-35-21-29(40(30)39-31)24-10-11-25-20-36-38-28(25)18-24/h4-6,8-15,18-21H,7,16-17H2,1-3H3,(H,36,38)(H,37,41). The van der Waals surface area contributed by atoms with Crippen LogP contribution in [-0.4, -0.2) is 36.5 Å². The zero-order valence-electron chi connectivity index (χ0n) is 23.9. The van der Waals surface area contributed by atoms with E-state index in [9.17, 15) is 4.79 Å². The number of fused-ring (bicyclic) bond motifs is 2. The summed E-state index contributed by atoms with van der Waals surface area (Å²) in [7, 11) is 0. The summed E-state index contributed by atoms with van der Waals surface area (Å²) in [6.07, 6.45) is 6.11. The lowest BCUT2D eigenvalue weighted by atomic mass is 9.71. The normalized spacial score (nSPS) is 14.5. The van der Waals surface area contributed by atoms with Gasteiger partial charge in [0.15, 0.2) is 5.65 Å². The maximum absolute atomic E-state index is 12.7. The Morgan fingerprint density at radius 2 is 1.69 bits per heavy atom. The number of carbonyl (C=O) groups excluding carboxylic acids is 1. The molecule has 2 N–H and O–H groups in total. The third-order valence-corrected chi connectivity index (χ3v) is 7.97. The number of carbonyl (C=O) groups is 1. The number of amides is 1. The van der Waals surface area contributed by atoms with E-state index in [-0.39, 0.29) is 6.09 Å². The van der Waals surface area contributed by atoms with Gasteiger partial charge in [0.25, 0.3) is 0 Å². The predicted octanol–water partition coefficient (Wildman–Crippen LogP) is 7.51. The maximum atomic E-state index is 12.7. The first-order chi connectivity index (χ1) is 20.3. The van der Waals surface area contributed by atoms with Crippen LogP contribution in [0, 0.1) is 0 Å². The Morgan fingerprint density at radius 1 is 0.929 bits per heavy atom. The molecule has 0 radical (unpaired) electrons. The van der Waals surface area contributed by atoms with Gasteiger partial charge >= 0.3 is 6.09 Å². The molecule has 3 aromatic heterocycles. The number of ether oxygens (including phenoxy) is 1. The van der Waals surface area contributed by atoms with Gasteiger partial charge in [-0.2, -0.15) is 10.2 Å². The summed E-state index contributed by atoms with van der Waals surface area (Å²) in [6, 6.07) is 27.0. The summed E-state index contributed by atoms with van der Waals surface area (Å²) in [5, 5.41) is 16.6. The van der Waals surface area contributed by atoms with Crippen molar-refractivity contribution in [3.8, 4) is 33.6 Å². The first kappa shape index (κ1) is 26.0. The average molecular weight is 557 g/mol. The zero-order chi connectivity index (χ0) is 28.9. The Balaban J connectivity index is 1.30. The highest BCUT2D eigenvalue weighted by atomic mass is 16.6. The first-order valence-electron chi connectivity index (χ1n) is 14.3. The molecule has 1 fully saturated rings. The number of benzene rings is 3. The fourth-order valence-electron chi connectivity index (χ4n) is 5.72. The molecule has 0 aliphatic heterocycles. The molecule has 1 amide bonds. The zero-order valence-corrected chi connectivity index (χ0v) is 23.9. The molecule has 3 aromatic carbocycles. The van der Waals surface area contributed by atoms with Gasteiger partial charge in [-0.05, 0) is 63.3 Å². The molecule has 0 unspecified atom stereocenters. The van der Waals surface area contributed by atoms with Gasteiger partial charge in [-0.3, -0.25) is 5.10 Å². The van der Waals surface area contributed by atoms with E-state index in [4.69, 9.17) is 14.8 Å². The number of alkyl carbamates (subject to hydrolysis) is 1. The van der Waals surface area contributed by atoms with Crippen molar-refractivity contribution in [3.63, 3.8) is 0 Å². The second-order valence-corrected chi connectivity index (χ2v) is 12.0. The summed E-state index contributed by atoms with van der Waals surface area (Å²) in [5.74, 6) is 0. The number of H-pyrrole nitrogens is 1. The number of rotatable bonds is 5. The van der Waals surface area contributed by atoms with E-state index in [1.165, 1.54) is 0 Å². The molecule has 210 valence electrons. The number of hydrogen-bond donors (Lipinski definition) is 2. The van der Waals surface area contributed by atoms with E-state index in [0.29, 0.717) is 0 Å². The van der Waals surface area contributed by atoms with Gasteiger partial charge < -0.3 is 10.1 Å².